The van der Waals surface area contributed by atoms with Gasteiger partial charge in [-0.15, -0.1) is 136 Å². The van der Waals surface area contributed by atoms with Crippen molar-refractivity contribution in [3.63, 3.8) is 0 Å². The molecule has 0 aliphatic carbocycles. The Morgan fingerprint density at radius 2 is 0.756 bits per heavy atom. The lowest BCUT2D eigenvalue weighted by molar-refractivity contribution is 0.601. The smallest absolute Gasteiger partial charge is 0.0485 e. The molecule has 0 radical (unpaired) electrons. The fourth-order valence-corrected chi connectivity index (χ4v) is 22.8. The molecule has 0 aliphatic heterocycles. The van der Waals surface area contributed by atoms with E-state index in [2.05, 4.69) is 176 Å². The highest BCUT2D eigenvalue weighted by atomic mass is 32.1. The highest BCUT2D eigenvalue weighted by molar-refractivity contribution is 7.30. The summed E-state index contributed by atoms with van der Waals surface area (Å²) in [6.07, 6.45) is 2.36. The third-order valence-electron chi connectivity index (χ3n) is 12.4. The van der Waals surface area contributed by atoms with Crippen LogP contribution in [0.25, 0.3) is 56.4 Å². The van der Waals surface area contributed by atoms with Crippen LogP contribution in [-0.2, 0) is 18.3 Å². The van der Waals surface area contributed by atoms with E-state index >= 15 is 0 Å². The van der Waals surface area contributed by atoms with E-state index in [1.54, 1.807) is 14.6 Å². The summed E-state index contributed by atoms with van der Waals surface area (Å²) in [5, 5.41) is 11.0. The van der Waals surface area contributed by atoms with Crippen LogP contribution in [0, 0.1) is 76.2 Å². The van der Waals surface area contributed by atoms with Crippen LogP contribution in [0.2, 0.25) is 0 Å². The average molecular weight is 1330 g/mol. The van der Waals surface area contributed by atoms with Gasteiger partial charge in [-0.2, -0.15) is 0 Å². The van der Waals surface area contributed by atoms with E-state index in [4.69, 9.17) is 0 Å². The molecule has 0 aliphatic rings. The van der Waals surface area contributed by atoms with Gasteiger partial charge in [0.1, 0.15) is 0 Å². The molecule has 0 N–H and O–H groups in total. The lowest BCUT2D eigenvalue weighted by atomic mass is 9.92. The van der Waals surface area contributed by atoms with Crippen LogP contribution in [0.15, 0.2) is 51.2 Å². The first-order valence-corrected chi connectivity index (χ1v) is 40.0. The van der Waals surface area contributed by atoms with Crippen molar-refractivity contribution >= 4 is 192 Å². The third-order valence-corrected chi connectivity index (χ3v) is 28.6. The first kappa shape index (κ1) is 78.0. The topological polar surface area (TPSA) is 0 Å². The molecule has 456 valence electrons. The minimum absolute atomic E-state index is 0.299. The zero-order valence-electron chi connectivity index (χ0n) is 56.1. The number of thiophene rings is 12. The summed E-state index contributed by atoms with van der Waals surface area (Å²) in [6.45, 7) is 64.2. The van der Waals surface area contributed by atoms with Crippen molar-refractivity contribution in [2.45, 2.75) is 232 Å². The van der Waals surface area contributed by atoms with Gasteiger partial charge in [0.05, 0.1) is 0 Å². The molecule has 0 nitrogen and oxygen atoms in total. The molecule has 0 aromatic carbocycles. The Balaban J connectivity index is 0.000000474. The Hall–Kier alpha value is -2.04. The second kappa shape index (κ2) is 39.0. The first-order chi connectivity index (χ1) is 39.1. The lowest BCUT2D eigenvalue weighted by Gasteiger charge is -2.17. The molecular formula is C70H104S12. The quantitative estimate of drug-likeness (QED) is 0.165. The van der Waals surface area contributed by atoms with E-state index < -0.39 is 0 Å². The van der Waals surface area contributed by atoms with Gasteiger partial charge in [0.2, 0.25) is 0 Å². The predicted molar refractivity (Wildman–Crippen MR) is 410 cm³/mol. The van der Waals surface area contributed by atoms with Gasteiger partial charge < -0.3 is 0 Å². The van der Waals surface area contributed by atoms with Crippen LogP contribution in [0.3, 0.4) is 0 Å². The molecule has 0 saturated carbocycles. The number of fused-ring (bicyclic) bond motifs is 6. The van der Waals surface area contributed by atoms with Crippen molar-refractivity contribution in [2.75, 3.05) is 0 Å². The van der Waals surface area contributed by atoms with Gasteiger partial charge in [-0.25, -0.2) is 0 Å². The SMILES string of the molecule is CC.CC.CC.CC.CC.CC.CCc1sc2c(C)csc2c1C.CCc1sc2ccsc2c1C.Cc1c(C(C)(C)C)sc2ccsc12.Cc1c(C(C)C)sc2ccsc12.Cc1cc2sc(C)c(C)c2s1.Cc1sc2c(C)csc2c1C. The maximum atomic E-state index is 2.29. The second-order valence-electron chi connectivity index (χ2n) is 19.2. The van der Waals surface area contributed by atoms with Crippen molar-refractivity contribution in [2.24, 2.45) is 0 Å². The number of hydrogen-bond acceptors (Lipinski definition) is 12. The van der Waals surface area contributed by atoms with Crippen molar-refractivity contribution in [3.05, 3.63) is 130 Å². The van der Waals surface area contributed by atoms with E-state index in [0.29, 0.717) is 11.3 Å². The van der Waals surface area contributed by atoms with Crippen molar-refractivity contribution in [3.8, 4) is 0 Å². The maximum Gasteiger partial charge on any atom is 0.0485 e. The summed E-state index contributed by atoms with van der Waals surface area (Å²) >= 11 is 22.9. The molecule has 0 bridgehead atoms. The Morgan fingerprint density at radius 1 is 0.366 bits per heavy atom. The summed E-state index contributed by atoms with van der Waals surface area (Å²) < 4.78 is 17.8. The monoisotopic (exact) mass is 1330 g/mol. The molecule has 82 heavy (non-hydrogen) atoms. The van der Waals surface area contributed by atoms with E-state index in [1.165, 1.54) is 133 Å². The fraction of sp³-hybridized carbons (Fsp3) is 0.486. The summed E-state index contributed by atoms with van der Waals surface area (Å²) in [4.78, 5) is 10.5. The minimum atomic E-state index is 0.299. The van der Waals surface area contributed by atoms with E-state index in [-0.39, 0.29) is 0 Å². The van der Waals surface area contributed by atoms with Gasteiger partial charge in [0.15, 0.2) is 0 Å². The van der Waals surface area contributed by atoms with Crippen LogP contribution in [0.4, 0.5) is 0 Å². The van der Waals surface area contributed by atoms with Crippen LogP contribution < -0.4 is 0 Å². The predicted octanol–water partition coefficient (Wildman–Crippen LogP) is 30.9. The molecule has 0 atom stereocenters. The molecule has 12 aromatic rings. The standard InChI is InChI=1S/C11H14S2.2C10H12S2.3C9H10S2.6C2H6/c1-7-9-8(5-6-12-9)13-10(7)11(2,3)4;1-6(2)9-7(3)10-8(12-9)4-5-11-10;1-4-8-7(3)10-9(12-8)6(2)5-11-10;1-5-4-10-9-6(2)7(3)11-8(5)9;1-5-4-8-9(10-5)6(2)7(3)11-8;1-3-7-6(2)9-8(11-7)4-5-10-9;6*1-2/h5-6H,1-4H3;4-6H,1-3H3;5H,4H2,1-3H3;2*4H,1-3H3;4-5H,3H2,1-2H3;6*1-2H3. The van der Waals surface area contributed by atoms with E-state index in [0.717, 1.165) is 0 Å². The van der Waals surface area contributed by atoms with Gasteiger partial charge >= 0.3 is 0 Å². The molecule has 0 spiro atoms. The summed E-state index contributed by atoms with van der Waals surface area (Å²) in [5.41, 5.74) is 12.1. The van der Waals surface area contributed by atoms with E-state index in [9.17, 15) is 0 Å². The second-order valence-corrected chi connectivity index (χ2v) is 31.8. The molecule has 0 amide bonds. The van der Waals surface area contributed by atoms with Crippen molar-refractivity contribution < 1.29 is 0 Å². The number of aryl methyl sites for hydroxylation is 13. The number of rotatable bonds is 3. The van der Waals surface area contributed by atoms with Gasteiger partial charge in [-0.05, 0) is 196 Å². The Kier molecular flexibility index (Phi) is 37.1. The normalized spacial score (nSPS) is 10.3. The molecule has 12 heterocycles. The molecule has 0 unspecified atom stereocenters. The van der Waals surface area contributed by atoms with Gasteiger partial charge in [-0.1, -0.05) is 132 Å². The Bertz CT molecular complexity index is 3610. The third kappa shape index (κ3) is 20.0. The van der Waals surface area contributed by atoms with Crippen LogP contribution in [0.5, 0.6) is 0 Å². The number of hydrogen-bond donors (Lipinski definition) is 0. The lowest BCUT2D eigenvalue weighted by Crippen LogP contribution is -2.09. The van der Waals surface area contributed by atoms with Crippen LogP contribution >= 0.6 is 136 Å². The highest BCUT2D eigenvalue weighted by Gasteiger charge is 2.21. The minimum Gasteiger partial charge on any atom is -0.143 e. The van der Waals surface area contributed by atoms with E-state index in [1.807, 2.05) is 219 Å². The Labute approximate surface area is 548 Å². The fourth-order valence-electron chi connectivity index (χ4n) is 8.41. The first-order valence-electron chi connectivity index (χ1n) is 29.9. The van der Waals surface area contributed by atoms with Gasteiger partial charge in [0.25, 0.3) is 0 Å². The zero-order valence-corrected chi connectivity index (χ0v) is 65.9. The zero-order chi connectivity index (χ0) is 62.9. The van der Waals surface area contributed by atoms with Crippen molar-refractivity contribution in [1.82, 2.24) is 0 Å². The molecule has 12 heteroatoms. The largest absolute Gasteiger partial charge is 0.143 e. The van der Waals surface area contributed by atoms with Crippen molar-refractivity contribution in [1.29, 1.82) is 0 Å². The molecule has 12 aromatic heterocycles. The van der Waals surface area contributed by atoms with Gasteiger partial charge in [-0.3, -0.25) is 0 Å². The maximum absolute atomic E-state index is 2.29. The molecule has 0 fully saturated rings. The summed E-state index contributed by atoms with van der Waals surface area (Å²) in [5.74, 6) is 0.676. The molecule has 0 saturated heterocycles. The summed E-state index contributed by atoms with van der Waals surface area (Å²) in [7, 11) is 0. The average Bonchev–Trinajstić information content (AvgIpc) is 4.50. The Morgan fingerprint density at radius 3 is 1.16 bits per heavy atom. The molecule has 12 rings (SSSR count). The van der Waals surface area contributed by atoms with Gasteiger partial charge in [0, 0.05) is 90.5 Å². The van der Waals surface area contributed by atoms with Crippen LogP contribution in [0.1, 0.15) is 216 Å². The summed E-state index contributed by atoms with van der Waals surface area (Å²) in [6, 6.07) is 8.96. The van der Waals surface area contributed by atoms with Crippen LogP contribution in [-0.4, -0.2) is 0 Å². The highest BCUT2D eigenvalue weighted by Crippen LogP contribution is 2.43. The molecular weight excluding hydrogens is 1230 g/mol.